The lowest BCUT2D eigenvalue weighted by Crippen LogP contribution is -2.14. The van der Waals surface area contributed by atoms with Crippen LogP contribution in [0.1, 0.15) is 24.7 Å². The van der Waals surface area contributed by atoms with Crippen molar-refractivity contribution in [2.45, 2.75) is 26.5 Å². The monoisotopic (exact) mass is 359 g/mol. The first kappa shape index (κ1) is 13.8. The molecule has 0 fully saturated rings. The van der Waals surface area contributed by atoms with Gasteiger partial charge in [0.1, 0.15) is 11.3 Å². The highest BCUT2D eigenvalue weighted by atomic mass is 127. The van der Waals surface area contributed by atoms with Crippen LogP contribution in [-0.2, 0) is 17.9 Å². The molecule has 2 aromatic rings. The molecule has 0 bridgehead atoms. The van der Waals surface area contributed by atoms with Crippen molar-refractivity contribution >= 4 is 33.6 Å². The zero-order chi connectivity index (χ0) is 13.0. The Bertz CT molecular complexity index is 522. The van der Waals surface area contributed by atoms with E-state index in [0.29, 0.717) is 6.61 Å². The second kappa shape index (κ2) is 6.54. The summed E-state index contributed by atoms with van der Waals surface area (Å²) < 4.78 is 12.4. The maximum Gasteiger partial charge on any atom is 0.134 e. The Morgan fingerprint density at radius 2 is 2.22 bits per heavy atom. The van der Waals surface area contributed by atoms with Crippen LogP contribution in [0.3, 0.4) is 0 Å². The van der Waals surface area contributed by atoms with Crippen LogP contribution in [0.4, 0.5) is 0 Å². The third-order valence-corrected chi connectivity index (χ3v) is 3.51. The Kier molecular flexibility index (Phi) is 5.03. The molecular weight excluding hydrogens is 341 g/mol. The van der Waals surface area contributed by atoms with E-state index in [-0.39, 0.29) is 0 Å². The fourth-order valence-electron chi connectivity index (χ4n) is 2.00. The summed E-state index contributed by atoms with van der Waals surface area (Å²) >= 11 is 2.32. The number of nitrogens with one attached hydrogen (secondary N) is 1. The molecule has 98 valence electrons. The lowest BCUT2D eigenvalue weighted by atomic mass is 10.1. The first-order valence-electron chi connectivity index (χ1n) is 6.15. The van der Waals surface area contributed by atoms with E-state index in [9.17, 15) is 0 Å². The zero-order valence-corrected chi connectivity index (χ0v) is 12.9. The quantitative estimate of drug-likeness (QED) is 0.631. The van der Waals surface area contributed by atoms with Crippen LogP contribution in [-0.4, -0.2) is 13.7 Å². The number of hydrogen-bond acceptors (Lipinski definition) is 3. The highest BCUT2D eigenvalue weighted by molar-refractivity contribution is 14.1. The molecule has 2 rings (SSSR count). The maximum absolute atomic E-state index is 5.91. The molecule has 18 heavy (non-hydrogen) atoms. The molecule has 0 aliphatic heterocycles. The number of benzene rings is 1. The van der Waals surface area contributed by atoms with Crippen molar-refractivity contribution in [1.82, 2.24) is 5.32 Å². The van der Waals surface area contributed by atoms with E-state index < -0.39 is 0 Å². The van der Waals surface area contributed by atoms with Gasteiger partial charge in [-0.25, -0.2) is 0 Å². The smallest absolute Gasteiger partial charge is 0.134 e. The summed E-state index contributed by atoms with van der Waals surface area (Å²) in [6.45, 7) is 4.51. The number of rotatable bonds is 6. The van der Waals surface area contributed by atoms with Crippen LogP contribution in [0, 0.1) is 3.57 Å². The van der Waals surface area contributed by atoms with Crippen molar-refractivity contribution in [1.29, 1.82) is 0 Å². The Morgan fingerprint density at radius 3 is 2.94 bits per heavy atom. The molecule has 4 heteroatoms. The summed E-state index contributed by atoms with van der Waals surface area (Å²) in [7, 11) is 1.72. The highest BCUT2D eigenvalue weighted by Crippen LogP contribution is 2.28. The molecule has 0 aliphatic carbocycles. The number of ether oxygens (including phenoxy) is 1. The van der Waals surface area contributed by atoms with Gasteiger partial charge in [-0.15, -0.1) is 0 Å². The summed E-state index contributed by atoms with van der Waals surface area (Å²) in [5.41, 5.74) is 2.10. The largest absolute Gasteiger partial charge is 0.459 e. The van der Waals surface area contributed by atoms with Gasteiger partial charge in [0.2, 0.25) is 0 Å². The van der Waals surface area contributed by atoms with Gasteiger partial charge >= 0.3 is 0 Å². The van der Waals surface area contributed by atoms with E-state index >= 15 is 0 Å². The van der Waals surface area contributed by atoms with Gasteiger partial charge in [-0.3, -0.25) is 0 Å². The van der Waals surface area contributed by atoms with E-state index in [2.05, 4.69) is 47.0 Å². The van der Waals surface area contributed by atoms with Crippen LogP contribution in [0.2, 0.25) is 0 Å². The van der Waals surface area contributed by atoms with Crippen molar-refractivity contribution in [3.05, 3.63) is 33.1 Å². The second-order valence-electron chi connectivity index (χ2n) is 4.25. The topological polar surface area (TPSA) is 34.4 Å². The molecule has 0 radical (unpaired) electrons. The minimum absolute atomic E-state index is 0.593. The SMILES string of the molecule is CCCNCc1oc2ccc(I)cc2c1COC. The average Bonchev–Trinajstić information content (AvgIpc) is 2.68. The minimum Gasteiger partial charge on any atom is -0.459 e. The van der Waals surface area contributed by atoms with Gasteiger partial charge in [-0.1, -0.05) is 6.92 Å². The first-order chi connectivity index (χ1) is 8.76. The van der Waals surface area contributed by atoms with E-state index in [1.54, 1.807) is 7.11 Å². The van der Waals surface area contributed by atoms with Crippen molar-refractivity contribution in [3.63, 3.8) is 0 Å². The van der Waals surface area contributed by atoms with Crippen LogP contribution < -0.4 is 5.32 Å². The molecule has 0 aliphatic rings. The number of methoxy groups -OCH3 is 1. The maximum atomic E-state index is 5.91. The molecular formula is C14H18INO2. The molecule has 1 aromatic carbocycles. The minimum atomic E-state index is 0.593. The summed E-state index contributed by atoms with van der Waals surface area (Å²) in [6.07, 6.45) is 1.12. The van der Waals surface area contributed by atoms with Crippen molar-refractivity contribution in [3.8, 4) is 0 Å². The normalized spacial score (nSPS) is 11.3. The molecule has 0 unspecified atom stereocenters. The van der Waals surface area contributed by atoms with Crippen molar-refractivity contribution in [2.24, 2.45) is 0 Å². The molecule has 3 nitrogen and oxygen atoms in total. The fourth-order valence-corrected chi connectivity index (χ4v) is 2.49. The zero-order valence-electron chi connectivity index (χ0n) is 10.8. The highest BCUT2D eigenvalue weighted by Gasteiger charge is 2.13. The van der Waals surface area contributed by atoms with Gasteiger partial charge in [-0.2, -0.15) is 0 Å². The van der Waals surface area contributed by atoms with Crippen molar-refractivity contribution in [2.75, 3.05) is 13.7 Å². The molecule has 1 N–H and O–H groups in total. The number of fused-ring (bicyclic) bond motifs is 1. The third-order valence-electron chi connectivity index (χ3n) is 2.84. The molecule has 0 saturated carbocycles. The third kappa shape index (κ3) is 3.05. The van der Waals surface area contributed by atoms with E-state index in [4.69, 9.17) is 9.15 Å². The van der Waals surface area contributed by atoms with Crippen LogP contribution in [0.15, 0.2) is 22.6 Å². The van der Waals surface area contributed by atoms with E-state index in [1.807, 2.05) is 6.07 Å². The Hall–Kier alpha value is -0.590. The Balaban J connectivity index is 2.35. The molecule has 1 heterocycles. The summed E-state index contributed by atoms with van der Waals surface area (Å²) in [4.78, 5) is 0. The van der Waals surface area contributed by atoms with Crippen LogP contribution >= 0.6 is 22.6 Å². The predicted molar refractivity (Wildman–Crippen MR) is 81.6 cm³/mol. The second-order valence-corrected chi connectivity index (χ2v) is 5.50. The molecule has 0 amide bonds. The van der Waals surface area contributed by atoms with Crippen LogP contribution in [0.25, 0.3) is 11.0 Å². The number of furan rings is 1. The molecule has 0 spiro atoms. The molecule has 0 saturated heterocycles. The Morgan fingerprint density at radius 1 is 1.39 bits per heavy atom. The van der Waals surface area contributed by atoms with Gasteiger partial charge < -0.3 is 14.5 Å². The fraction of sp³-hybridized carbons (Fsp3) is 0.429. The summed E-state index contributed by atoms with van der Waals surface area (Å²) in [5, 5.41) is 4.54. The standard InChI is InChI=1S/C14H18INO2/c1-3-6-16-8-14-12(9-17-2)11-7-10(15)4-5-13(11)18-14/h4-5,7,16H,3,6,8-9H2,1-2H3. The van der Waals surface area contributed by atoms with E-state index in [0.717, 1.165) is 41.8 Å². The lowest BCUT2D eigenvalue weighted by Gasteiger charge is -2.03. The lowest BCUT2D eigenvalue weighted by molar-refractivity contribution is 0.183. The van der Waals surface area contributed by atoms with Gasteiger partial charge in [-0.05, 0) is 53.8 Å². The summed E-state index contributed by atoms with van der Waals surface area (Å²) in [6, 6.07) is 6.24. The average molecular weight is 359 g/mol. The van der Waals surface area contributed by atoms with Crippen LogP contribution in [0.5, 0.6) is 0 Å². The van der Waals surface area contributed by atoms with Gasteiger partial charge in [0.25, 0.3) is 0 Å². The Labute approximate surface area is 121 Å². The number of halogens is 1. The van der Waals surface area contributed by atoms with Crippen molar-refractivity contribution < 1.29 is 9.15 Å². The molecule has 0 atom stereocenters. The van der Waals surface area contributed by atoms with Gasteiger partial charge in [0, 0.05) is 21.6 Å². The van der Waals surface area contributed by atoms with Gasteiger partial charge in [0.15, 0.2) is 0 Å². The number of hydrogen-bond donors (Lipinski definition) is 1. The summed E-state index contributed by atoms with van der Waals surface area (Å²) in [5.74, 6) is 0.988. The molecule has 1 aromatic heterocycles. The van der Waals surface area contributed by atoms with Gasteiger partial charge in [0.05, 0.1) is 13.2 Å². The van der Waals surface area contributed by atoms with E-state index in [1.165, 1.54) is 3.57 Å². The first-order valence-corrected chi connectivity index (χ1v) is 7.23. The predicted octanol–water partition coefficient (Wildman–Crippen LogP) is 3.68.